The number of nitriles is 1. The molecule has 6 heteroatoms. The lowest BCUT2D eigenvalue weighted by Crippen LogP contribution is -2.58. The summed E-state index contributed by atoms with van der Waals surface area (Å²) in [6, 6.07) is 0.930. The van der Waals surface area contributed by atoms with Gasteiger partial charge in [0.05, 0.1) is 18.5 Å². The van der Waals surface area contributed by atoms with Gasteiger partial charge in [-0.1, -0.05) is 0 Å². The van der Waals surface area contributed by atoms with Crippen molar-refractivity contribution in [3.05, 3.63) is 23.4 Å². The second-order valence-corrected chi connectivity index (χ2v) is 3.54. The van der Waals surface area contributed by atoms with Gasteiger partial charge in [-0.05, 0) is 12.2 Å². The summed E-state index contributed by atoms with van der Waals surface area (Å²) in [6.07, 6.45) is 2.61. The summed E-state index contributed by atoms with van der Waals surface area (Å²) in [5, 5.41) is 8.46. The summed E-state index contributed by atoms with van der Waals surface area (Å²) < 4.78 is 5.04. The molecule has 0 heterocycles. The van der Waals surface area contributed by atoms with Crippen molar-refractivity contribution in [3.63, 3.8) is 0 Å². The molecule has 0 amide bonds. The molecule has 0 spiro atoms. The highest BCUT2D eigenvalue weighted by atomic mass is 16.5. The summed E-state index contributed by atoms with van der Waals surface area (Å²) >= 11 is 0. The molecule has 0 saturated heterocycles. The zero-order valence-corrected chi connectivity index (χ0v) is 8.93. The Labute approximate surface area is 93.3 Å². The SMILES string of the molecule is COC1(N)C=C(N)C=C(C(=O)CC#N)C1N. The standard InChI is InChI=1S/C10H14N4O2/c1-16-10(14)5-6(12)4-7(9(10)13)8(15)2-3-11/h4-5,9H,2,12-14H2,1H3. The van der Waals surface area contributed by atoms with Crippen LogP contribution in [0.4, 0.5) is 0 Å². The zero-order chi connectivity index (χ0) is 12.3. The van der Waals surface area contributed by atoms with Gasteiger partial charge in [0.15, 0.2) is 11.5 Å². The number of Topliss-reactive ketones (excluding diaryl/α,β-unsaturated/α-hetero) is 1. The van der Waals surface area contributed by atoms with Crippen molar-refractivity contribution >= 4 is 5.78 Å². The van der Waals surface area contributed by atoms with Gasteiger partial charge < -0.3 is 16.2 Å². The van der Waals surface area contributed by atoms with Gasteiger partial charge >= 0.3 is 0 Å². The van der Waals surface area contributed by atoms with Crippen LogP contribution in [0.3, 0.4) is 0 Å². The highest BCUT2D eigenvalue weighted by Crippen LogP contribution is 2.23. The maximum atomic E-state index is 11.6. The monoisotopic (exact) mass is 222 g/mol. The number of allylic oxidation sites excluding steroid dienone is 1. The maximum absolute atomic E-state index is 11.6. The number of carbonyl (C=O) groups is 1. The Kier molecular flexibility index (Phi) is 3.44. The van der Waals surface area contributed by atoms with Gasteiger partial charge in [-0.15, -0.1) is 0 Å². The number of hydrogen-bond acceptors (Lipinski definition) is 6. The van der Waals surface area contributed by atoms with E-state index in [1.54, 1.807) is 6.07 Å². The van der Waals surface area contributed by atoms with Crippen LogP contribution in [-0.2, 0) is 9.53 Å². The molecule has 1 rings (SSSR count). The average Bonchev–Trinajstić information content (AvgIpc) is 2.23. The van der Waals surface area contributed by atoms with Gasteiger partial charge in [0.1, 0.15) is 0 Å². The van der Waals surface area contributed by atoms with Crippen molar-refractivity contribution in [2.45, 2.75) is 18.2 Å². The Morgan fingerprint density at radius 2 is 2.38 bits per heavy atom. The van der Waals surface area contributed by atoms with Crippen LogP contribution in [0.2, 0.25) is 0 Å². The highest BCUT2D eigenvalue weighted by molar-refractivity contribution is 5.98. The third kappa shape index (κ3) is 2.12. The first-order valence-electron chi connectivity index (χ1n) is 4.64. The van der Waals surface area contributed by atoms with Crippen LogP contribution in [0.25, 0.3) is 0 Å². The van der Waals surface area contributed by atoms with Crippen LogP contribution in [0.1, 0.15) is 6.42 Å². The molecule has 0 bridgehead atoms. The van der Waals surface area contributed by atoms with Crippen LogP contribution in [-0.4, -0.2) is 24.7 Å². The molecule has 0 radical (unpaired) electrons. The molecular weight excluding hydrogens is 208 g/mol. The van der Waals surface area contributed by atoms with E-state index in [1.165, 1.54) is 19.3 Å². The van der Waals surface area contributed by atoms with Crippen molar-refractivity contribution in [1.82, 2.24) is 0 Å². The Balaban J connectivity index is 3.08. The number of nitrogens with zero attached hydrogens (tertiary/aromatic N) is 1. The Morgan fingerprint density at radius 1 is 1.75 bits per heavy atom. The van der Waals surface area contributed by atoms with Gasteiger partial charge in [-0.2, -0.15) is 5.26 Å². The van der Waals surface area contributed by atoms with E-state index in [4.69, 9.17) is 27.2 Å². The molecule has 0 fully saturated rings. The predicted molar refractivity (Wildman–Crippen MR) is 57.5 cm³/mol. The number of methoxy groups -OCH3 is 1. The van der Waals surface area contributed by atoms with Gasteiger partial charge in [0.2, 0.25) is 0 Å². The summed E-state index contributed by atoms with van der Waals surface area (Å²) in [7, 11) is 1.38. The van der Waals surface area contributed by atoms with Gasteiger partial charge in [-0.3, -0.25) is 10.5 Å². The van der Waals surface area contributed by atoms with E-state index in [0.29, 0.717) is 5.70 Å². The first-order valence-corrected chi connectivity index (χ1v) is 4.64. The van der Waals surface area contributed by atoms with Crippen molar-refractivity contribution in [2.75, 3.05) is 7.11 Å². The Bertz CT molecular complexity index is 408. The number of hydrogen-bond donors (Lipinski definition) is 3. The van der Waals surface area contributed by atoms with E-state index in [9.17, 15) is 4.79 Å². The van der Waals surface area contributed by atoms with Crippen LogP contribution in [0.5, 0.6) is 0 Å². The number of ether oxygens (including phenoxy) is 1. The smallest absolute Gasteiger partial charge is 0.174 e. The fourth-order valence-corrected chi connectivity index (χ4v) is 1.52. The lowest BCUT2D eigenvalue weighted by atomic mass is 9.87. The number of rotatable bonds is 3. The van der Waals surface area contributed by atoms with E-state index in [0.717, 1.165) is 0 Å². The minimum Gasteiger partial charge on any atom is -0.399 e. The third-order valence-corrected chi connectivity index (χ3v) is 2.45. The minimum absolute atomic E-state index is 0.214. The summed E-state index contributed by atoms with van der Waals surface area (Å²) in [5.41, 5.74) is 16.5. The van der Waals surface area contributed by atoms with Crippen molar-refractivity contribution in [3.8, 4) is 6.07 Å². The molecule has 2 atom stereocenters. The number of carbonyl (C=O) groups excluding carboxylic acids is 1. The predicted octanol–water partition coefficient (Wildman–Crippen LogP) is -1.12. The zero-order valence-electron chi connectivity index (χ0n) is 8.93. The topological polar surface area (TPSA) is 128 Å². The van der Waals surface area contributed by atoms with Crippen molar-refractivity contribution in [2.24, 2.45) is 17.2 Å². The molecule has 86 valence electrons. The Morgan fingerprint density at radius 3 is 2.88 bits per heavy atom. The molecule has 6 N–H and O–H groups in total. The summed E-state index contributed by atoms with van der Waals surface area (Å²) in [4.78, 5) is 11.6. The highest BCUT2D eigenvalue weighted by Gasteiger charge is 2.38. The molecule has 0 aromatic heterocycles. The molecule has 0 aromatic rings. The first-order chi connectivity index (χ1) is 7.44. The number of ketones is 1. The summed E-state index contributed by atoms with van der Waals surface area (Å²) in [6.45, 7) is 0. The van der Waals surface area contributed by atoms with E-state index < -0.39 is 17.6 Å². The lowest BCUT2D eigenvalue weighted by Gasteiger charge is -2.34. The first kappa shape index (κ1) is 12.4. The lowest BCUT2D eigenvalue weighted by molar-refractivity contribution is -0.115. The third-order valence-electron chi connectivity index (χ3n) is 2.45. The van der Waals surface area contributed by atoms with Gasteiger partial charge in [0.25, 0.3) is 0 Å². The van der Waals surface area contributed by atoms with Crippen LogP contribution in [0.15, 0.2) is 23.4 Å². The summed E-state index contributed by atoms with van der Waals surface area (Å²) in [5.74, 6) is -0.391. The molecule has 6 nitrogen and oxygen atoms in total. The molecule has 1 aliphatic carbocycles. The molecule has 0 aromatic carbocycles. The van der Waals surface area contributed by atoms with E-state index >= 15 is 0 Å². The van der Waals surface area contributed by atoms with E-state index in [-0.39, 0.29) is 12.0 Å². The van der Waals surface area contributed by atoms with Crippen molar-refractivity contribution < 1.29 is 9.53 Å². The van der Waals surface area contributed by atoms with E-state index in [2.05, 4.69) is 0 Å². The minimum atomic E-state index is -1.31. The van der Waals surface area contributed by atoms with Crippen LogP contribution in [0, 0.1) is 11.3 Å². The second-order valence-electron chi connectivity index (χ2n) is 3.54. The quantitative estimate of drug-likeness (QED) is 0.519. The molecule has 16 heavy (non-hydrogen) atoms. The van der Waals surface area contributed by atoms with E-state index in [1.807, 2.05) is 0 Å². The fourth-order valence-electron chi connectivity index (χ4n) is 1.52. The van der Waals surface area contributed by atoms with Crippen LogP contribution >= 0.6 is 0 Å². The molecule has 0 aliphatic heterocycles. The fraction of sp³-hybridized carbons (Fsp3) is 0.400. The molecule has 0 saturated carbocycles. The van der Waals surface area contributed by atoms with Crippen molar-refractivity contribution in [1.29, 1.82) is 5.26 Å². The van der Waals surface area contributed by atoms with Gasteiger partial charge in [-0.25, -0.2) is 0 Å². The number of nitrogens with two attached hydrogens (primary N) is 3. The Hall–Kier alpha value is -1.68. The van der Waals surface area contributed by atoms with Crippen LogP contribution < -0.4 is 17.2 Å². The van der Waals surface area contributed by atoms with Gasteiger partial charge in [0, 0.05) is 18.4 Å². The second kappa shape index (κ2) is 4.45. The molecule has 1 aliphatic rings. The maximum Gasteiger partial charge on any atom is 0.174 e. The normalized spacial score (nSPS) is 29.0. The largest absolute Gasteiger partial charge is 0.399 e. The molecular formula is C10H14N4O2. The molecule has 2 unspecified atom stereocenters. The average molecular weight is 222 g/mol.